The van der Waals surface area contributed by atoms with Crippen molar-refractivity contribution in [1.29, 1.82) is 0 Å². The van der Waals surface area contributed by atoms with Crippen LogP contribution in [0.15, 0.2) is 52.4 Å². The van der Waals surface area contributed by atoms with Gasteiger partial charge in [0.05, 0.1) is 10.9 Å². The average Bonchev–Trinajstić information content (AvgIpc) is 2.74. The molecular weight excluding hydrogens is 412 g/mol. The summed E-state index contributed by atoms with van der Waals surface area (Å²) in [5.41, 5.74) is 1.11. The summed E-state index contributed by atoms with van der Waals surface area (Å²) in [6.45, 7) is 3.12. The Bertz CT molecular complexity index is 934. The maximum atomic E-state index is 13.0. The Kier molecular flexibility index (Phi) is 5.73. The van der Waals surface area contributed by atoms with Gasteiger partial charge in [-0.3, -0.25) is 4.90 Å². The van der Waals surface area contributed by atoms with Crippen molar-refractivity contribution in [3.05, 3.63) is 53.1 Å². The summed E-state index contributed by atoms with van der Waals surface area (Å²) in [5, 5.41) is 0.652. The van der Waals surface area contributed by atoms with Crippen molar-refractivity contribution in [2.24, 2.45) is 5.92 Å². The molecule has 2 heterocycles. The Morgan fingerprint density at radius 2 is 1.86 bits per heavy atom. The van der Waals surface area contributed by atoms with E-state index < -0.39 is 10.0 Å². The number of rotatable bonds is 4. The maximum absolute atomic E-state index is 13.0. The highest BCUT2D eigenvalue weighted by Crippen LogP contribution is 2.33. The Labute approximate surface area is 176 Å². The third kappa shape index (κ3) is 3.96. The van der Waals surface area contributed by atoms with E-state index >= 15 is 0 Å². The summed E-state index contributed by atoms with van der Waals surface area (Å²) in [5.74, 6) is 0.0315. The molecule has 6 nitrogen and oxygen atoms in total. The zero-order valence-corrected chi connectivity index (χ0v) is 17.9. The van der Waals surface area contributed by atoms with Crippen molar-refractivity contribution in [3.63, 3.8) is 0 Å². The largest absolute Gasteiger partial charge is 0.449 e. The molecular formula is C21H25ClN2O4S. The van der Waals surface area contributed by atoms with Gasteiger partial charge in [0, 0.05) is 30.1 Å². The lowest BCUT2D eigenvalue weighted by atomic mass is 9.90. The number of sulfonamides is 1. The summed E-state index contributed by atoms with van der Waals surface area (Å²) < 4.78 is 32.9. The molecule has 1 aliphatic carbocycles. The zero-order valence-electron chi connectivity index (χ0n) is 16.3. The number of halogens is 1. The van der Waals surface area contributed by atoms with Crippen molar-refractivity contribution in [2.75, 3.05) is 19.7 Å². The van der Waals surface area contributed by atoms with Crippen LogP contribution >= 0.6 is 11.6 Å². The molecule has 8 heteroatoms. The first kappa shape index (κ1) is 20.4. The topological polar surface area (TPSA) is 66.9 Å². The van der Waals surface area contributed by atoms with Crippen molar-refractivity contribution in [3.8, 4) is 0 Å². The van der Waals surface area contributed by atoms with E-state index in [1.54, 1.807) is 17.0 Å². The molecule has 2 atom stereocenters. The number of nitrogens with zero attached hydrogens (tertiary/aromatic N) is 2. The van der Waals surface area contributed by atoms with Crippen molar-refractivity contribution >= 4 is 27.7 Å². The quantitative estimate of drug-likeness (QED) is 0.724. The number of piperidine rings is 1. The van der Waals surface area contributed by atoms with Crippen molar-refractivity contribution in [2.45, 2.75) is 43.2 Å². The van der Waals surface area contributed by atoms with E-state index in [2.05, 4.69) is 0 Å². The lowest BCUT2D eigenvalue weighted by Gasteiger charge is -2.45. The van der Waals surface area contributed by atoms with Gasteiger partial charge in [-0.1, -0.05) is 42.8 Å². The molecule has 1 aromatic carbocycles. The predicted molar refractivity (Wildman–Crippen MR) is 111 cm³/mol. The number of ether oxygens (including phenoxy) is 1. The molecule has 0 spiro atoms. The van der Waals surface area contributed by atoms with E-state index in [4.69, 9.17) is 16.3 Å². The van der Waals surface area contributed by atoms with Crippen LogP contribution in [0.4, 0.5) is 4.79 Å². The van der Waals surface area contributed by atoms with E-state index in [1.165, 1.54) is 4.31 Å². The van der Waals surface area contributed by atoms with Crippen LogP contribution in [0.5, 0.6) is 0 Å². The van der Waals surface area contributed by atoms with Crippen LogP contribution in [0.25, 0.3) is 0 Å². The molecule has 3 aliphatic rings. The van der Waals surface area contributed by atoms with E-state index in [0.717, 1.165) is 12.0 Å². The molecule has 2 fully saturated rings. The number of carbonyl (C=O) groups excluding carboxylic acids is 1. The third-order valence-corrected chi connectivity index (χ3v) is 8.15. The second kappa shape index (κ2) is 8.13. The fourth-order valence-electron chi connectivity index (χ4n) is 4.30. The molecule has 29 heavy (non-hydrogen) atoms. The standard InChI is InChI=1S/C21H25ClN2O4S/c1-2-15-3-6-19(7-4-15)29(26,27)23-11-9-18(10-12-23)24-20-8-5-17(22)13-16(20)14-28-21(24)25/h3-8,13,16,18,20H,2,9-12,14H2,1H3. The number of hydrogen-bond donors (Lipinski definition) is 0. The fourth-order valence-corrected chi connectivity index (χ4v) is 6.01. The lowest BCUT2D eigenvalue weighted by molar-refractivity contribution is 0.00609. The molecule has 0 bridgehead atoms. The first-order valence-corrected chi connectivity index (χ1v) is 11.8. The van der Waals surface area contributed by atoms with Gasteiger partial charge in [-0.15, -0.1) is 0 Å². The summed E-state index contributed by atoms with van der Waals surface area (Å²) in [7, 11) is -3.53. The summed E-state index contributed by atoms with van der Waals surface area (Å²) in [4.78, 5) is 14.6. The summed E-state index contributed by atoms with van der Waals surface area (Å²) >= 11 is 6.09. The van der Waals surface area contributed by atoms with Gasteiger partial charge in [-0.25, -0.2) is 13.2 Å². The van der Waals surface area contributed by atoms with E-state index in [1.807, 2.05) is 37.3 Å². The number of cyclic esters (lactones) is 1. The molecule has 0 aromatic heterocycles. The summed E-state index contributed by atoms with van der Waals surface area (Å²) in [6, 6.07) is 6.92. The number of carbonyl (C=O) groups is 1. The molecule has 2 unspecified atom stereocenters. The van der Waals surface area contributed by atoms with Crippen LogP contribution in [0.1, 0.15) is 25.3 Å². The number of fused-ring (bicyclic) bond motifs is 1. The van der Waals surface area contributed by atoms with Gasteiger partial charge in [0.25, 0.3) is 0 Å². The molecule has 0 saturated carbocycles. The monoisotopic (exact) mass is 436 g/mol. The molecule has 1 amide bonds. The van der Waals surface area contributed by atoms with Crippen LogP contribution < -0.4 is 0 Å². The number of aryl methyl sites for hydroxylation is 1. The van der Waals surface area contributed by atoms with Crippen LogP contribution in [0.2, 0.25) is 0 Å². The molecule has 2 aliphatic heterocycles. The van der Waals surface area contributed by atoms with Gasteiger partial charge in [-0.2, -0.15) is 4.31 Å². The summed E-state index contributed by atoms with van der Waals surface area (Å²) in [6.07, 6.45) is 7.38. The molecule has 0 radical (unpaired) electrons. The van der Waals surface area contributed by atoms with Gasteiger partial charge < -0.3 is 4.74 Å². The predicted octanol–water partition coefficient (Wildman–Crippen LogP) is 3.53. The fraction of sp³-hybridized carbons (Fsp3) is 0.476. The van der Waals surface area contributed by atoms with Crippen molar-refractivity contribution in [1.82, 2.24) is 9.21 Å². The van der Waals surface area contributed by atoms with E-state index in [9.17, 15) is 13.2 Å². The minimum Gasteiger partial charge on any atom is -0.449 e. The number of allylic oxidation sites excluding steroid dienone is 2. The van der Waals surface area contributed by atoms with Gasteiger partial charge in [0.15, 0.2) is 0 Å². The Morgan fingerprint density at radius 1 is 1.17 bits per heavy atom. The van der Waals surface area contributed by atoms with Crippen molar-refractivity contribution < 1.29 is 17.9 Å². The van der Waals surface area contributed by atoms with Crippen LogP contribution in [0.3, 0.4) is 0 Å². The Morgan fingerprint density at radius 3 is 2.52 bits per heavy atom. The van der Waals surface area contributed by atoms with Crippen LogP contribution in [-0.2, 0) is 21.2 Å². The minimum atomic E-state index is -3.53. The van der Waals surface area contributed by atoms with E-state index in [-0.39, 0.29) is 24.1 Å². The number of amides is 1. The first-order chi connectivity index (χ1) is 13.9. The highest BCUT2D eigenvalue weighted by molar-refractivity contribution is 7.89. The van der Waals surface area contributed by atoms with Gasteiger partial charge >= 0.3 is 6.09 Å². The molecule has 156 valence electrons. The zero-order chi connectivity index (χ0) is 20.6. The smallest absolute Gasteiger partial charge is 0.410 e. The molecule has 2 saturated heterocycles. The highest BCUT2D eigenvalue weighted by Gasteiger charge is 2.42. The average molecular weight is 437 g/mol. The Hall–Kier alpha value is -1.83. The lowest BCUT2D eigenvalue weighted by Crippen LogP contribution is -2.57. The maximum Gasteiger partial charge on any atom is 0.410 e. The second-order valence-electron chi connectivity index (χ2n) is 7.68. The molecule has 0 N–H and O–H groups in total. The Balaban J connectivity index is 1.46. The molecule has 4 rings (SSSR count). The molecule has 1 aromatic rings. The minimum absolute atomic E-state index is 0.0315. The van der Waals surface area contributed by atoms with E-state index in [0.29, 0.717) is 42.5 Å². The van der Waals surface area contributed by atoms with Crippen LogP contribution in [-0.4, -0.2) is 55.5 Å². The second-order valence-corrected chi connectivity index (χ2v) is 10.1. The van der Waals surface area contributed by atoms with Gasteiger partial charge in [0.2, 0.25) is 10.0 Å². The third-order valence-electron chi connectivity index (χ3n) is 5.98. The highest BCUT2D eigenvalue weighted by atomic mass is 35.5. The normalized spacial score (nSPS) is 26.1. The number of hydrogen-bond acceptors (Lipinski definition) is 4. The van der Waals surface area contributed by atoms with Gasteiger partial charge in [0.1, 0.15) is 6.61 Å². The number of benzene rings is 1. The van der Waals surface area contributed by atoms with Gasteiger partial charge in [-0.05, 0) is 43.0 Å². The van der Waals surface area contributed by atoms with Crippen LogP contribution in [0, 0.1) is 5.92 Å². The first-order valence-electron chi connectivity index (χ1n) is 10.00. The SMILES string of the molecule is CCc1ccc(S(=O)(=O)N2CCC(N3C(=O)OCC4C=C(Cl)C=CC43)CC2)cc1.